The number of benzene rings is 1. The van der Waals surface area contributed by atoms with Gasteiger partial charge in [0.2, 0.25) is 11.8 Å². The average molecular weight is 371 g/mol. The van der Waals surface area contributed by atoms with E-state index in [0.29, 0.717) is 50.4 Å². The summed E-state index contributed by atoms with van der Waals surface area (Å²) in [5.74, 6) is 1.85. The number of hydrogen-bond donors (Lipinski definition) is 1. The van der Waals surface area contributed by atoms with Crippen molar-refractivity contribution in [2.45, 2.75) is 32.6 Å². The third kappa shape index (κ3) is 5.09. The van der Waals surface area contributed by atoms with Gasteiger partial charge in [-0.1, -0.05) is 17.3 Å². The Bertz CT molecular complexity index is 794. The minimum absolute atomic E-state index is 0.0632. The van der Waals surface area contributed by atoms with Crippen molar-refractivity contribution >= 4 is 17.6 Å². The number of methoxy groups -OCH3 is 1. The molecular formula is C20H25N3O4. The van der Waals surface area contributed by atoms with E-state index in [0.717, 1.165) is 11.3 Å². The summed E-state index contributed by atoms with van der Waals surface area (Å²) in [6.45, 7) is 2.98. The number of hydrogen-bond acceptors (Lipinski definition) is 5. The number of aromatic nitrogens is 1. The van der Waals surface area contributed by atoms with E-state index < -0.39 is 0 Å². The summed E-state index contributed by atoms with van der Waals surface area (Å²) >= 11 is 0. The fraction of sp³-hybridized carbons (Fsp3) is 0.450. The normalized spacial score (nSPS) is 14.8. The molecular weight excluding hydrogens is 346 g/mol. The van der Waals surface area contributed by atoms with Crippen LogP contribution in [0.3, 0.4) is 0 Å². The lowest BCUT2D eigenvalue weighted by atomic mass is 9.95. The Hall–Kier alpha value is -2.83. The molecule has 1 N–H and O–H groups in total. The molecule has 1 aliphatic rings. The Morgan fingerprint density at radius 1 is 1.30 bits per heavy atom. The molecule has 3 rings (SSSR count). The van der Waals surface area contributed by atoms with Gasteiger partial charge in [0.25, 0.3) is 0 Å². The van der Waals surface area contributed by atoms with Gasteiger partial charge in [-0.15, -0.1) is 0 Å². The Kier molecular flexibility index (Phi) is 6.11. The fourth-order valence-electron chi connectivity index (χ4n) is 3.28. The maximum atomic E-state index is 12.5. The molecule has 1 aromatic heterocycles. The van der Waals surface area contributed by atoms with E-state index in [2.05, 4.69) is 10.5 Å². The molecule has 0 bridgehead atoms. The van der Waals surface area contributed by atoms with Gasteiger partial charge in [0, 0.05) is 31.5 Å². The predicted molar refractivity (Wildman–Crippen MR) is 100 cm³/mol. The molecule has 1 saturated heterocycles. The van der Waals surface area contributed by atoms with E-state index in [1.165, 1.54) is 0 Å². The number of anilines is 1. The van der Waals surface area contributed by atoms with Gasteiger partial charge in [0.15, 0.2) is 5.82 Å². The van der Waals surface area contributed by atoms with Crippen LogP contribution < -0.4 is 10.1 Å². The lowest BCUT2D eigenvalue weighted by Gasteiger charge is -2.31. The van der Waals surface area contributed by atoms with Crippen molar-refractivity contribution in [2.75, 3.05) is 25.5 Å². The monoisotopic (exact) mass is 371 g/mol. The number of amides is 2. The lowest BCUT2D eigenvalue weighted by molar-refractivity contribution is -0.134. The molecule has 1 aromatic carbocycles. The van der Waals surface area contributed by atoms with Crippen LogP contribution in [0.5, 0.6) is 5.75 Å². The second-order valence-electron chi connectivity index (χ2n) is 6.82. The molecule has 2 aromatic rings. The zero-order chi connectivity index (χ0) is 19.2. The molecule has 0 saturated carbocycles. The molecule has 1 fully saturated rings. The molecule has 2 heterocycles. The zero-order valence-corrected chi connectivity index (χ0v) is 15.7. The first-order chi connectivity index (χ1) is 13.0. The molecule has 144 valence electrons. The van der Waals surface area contributed by atoms with Crippen molar-refractivity contribution in [1.29, 1.82) is 0 Å². The van der Waals surface area contributed by atoms with E-state index >= 15 is 0 Å². The maximum Gasteiger partial charge on any atom is 0.228 e. The first-order valence-electron chi connectivity index (χ1n) is 9.20. The summed E-state index contributed by atoms with van der Waals surface area (Å²) in [5, 5.41) is 6.55. The van der Waals surface area contributed by atoms with Crippen LogP contribution in [-0.2, 0) is 16.0 Å². The fourth-order valence-corrected chi connectivity index (χ4v) is 3.28. The average Bonchev–Trinajstić information content (AvgIpc) is 3.11. The highest BCUT2D eigenvalue weighted by molar-refractivity contribution is 5.91. The Morgan fingerprint density at radius 2 is 2.07 bits per heavy atom. The van der Waals surface area contributed by atoms with Crippen LogP contribution in [0.2, 0.25) is 0 Å². The van der Waals surface area contributed by atoms with Crippen molar-refractivity contribution < 1.29 is 18.8 Å². The van der Waals surface area contributed by atoms with Crippen molar-refractivity contribution in [3.05, 3.63) is 41.7 Å². The molecule has 0 atom stereocenters. The summed E-state index contributed by atoms with van der Waals surface area (Å²) in [6, 6.07) is 9.46. The van der Waals surface area contributed by atoms with Gasteiger partial charge >= 0.3 is 0 Å². The highest BCUT2D eigenvalue weighted by Gasteiger charge is 2.27. The minimum atomic E-state index is -0.107. The van der Waals surface area contributed by atoms with E-state index in [9.17, 15) is 9.59 Å². The molecule has 0 aliphatic carbocycles. The number of likely N-dealkylation sites (tertiary alicyclic amines) is 1. The number of ether oxygens (including phenoxy) is 1. The molecule has 0 spiro atoms. The smallest absolute Gasteiger partial charge is 0.228 e. The van der Waals surface area contributed by atoms with Crippen LogP contribution in [0.4, 0.5) is 5.82 Å². The predicted octanol–water partition coefficient (Wildman–Crippen LogP) is 2.80. The zero-order valence-electron chi connectivity index (χ0n) is 15.7. The second kappa shape index (κ2) is 8.70. The number of aryl methyl sites for hydroxylation is 2. The third-order valence-corrected chi connectivity index (χ3v) is 4.86. The highest BCUT2D eigenvalue weighted by Crippen LogP contribution is 2.21. The van der Waals surface area contributed by atoms with Crippen LogP contribution in [0.15, 0.2) is 34.9 Å². The highest BCUT2D eigenvalue weighted by atomic mass is 16.5. The third-order valence-electron chi connectivity index (χ3n) is 4.86. The maximum absolute atomic E-state index is 12.5. The molecule has 27 heavy (non-hydrogen) atoms. The van der Waals surface area contributed by atoms with Crippen molar-refractivity contribution in [3.8, 4) is 5.75 Å². The van der Waals surface area contributed by atoms with E-state index in [1.807, 2.05) is 29.2 Å². The van der Waals surface area contributed by atoms with Crippen molar-refractivity contribution in [2.24, 2.45) is 5.92 Å². The van der Waals surface area contributed by atoms with Gasteiger partial charge in [-0.25, -0.2) is 0 Å². The van der Waals surface area contributed by atoms with Crippen LogP contribution in [0, 0.1) is 12.8 Å². The SMILES string of the molecule is COc1cccc(CCC(=O)N2CCC(C(=O)Nc3cc(C)on3)CC2)c1. The van der Waals surface area contributed by atoms with Crippen LogP contribution in [0.1, 0.15) is 30.6 Å². The van der Waals surface area contributed by atoms with Gasteiger partial charge in [0.05, 0.1) is 7.11 Å². The summed E-state index contributed by atoms with van der Waals surface area (Å²) in [5.41, 5.74) is 1.08. The van der Waals surface area contributed by atoms with Gasteiger partial charge in [-0.05, 0) is 43.9 Å². The molecule has 0 radical (unpaired) electrons. The summed E-state index contributed by atoms with van der Waals surface area (Å²) in [4.78, 5) is 26.6. The Labute approximate surface area is 158 Å². The van der Waals surface area contributed by atoms with Gasteiger partial charge in [0.1, 0.15) is 11.5 Å². The summed E-state index contributed by atoms with van der Waals surface area (Å²) in [7, 11) is 1.63. The largest absolute Gasteiger partial charge is 0.497 e. The Morgan fingerprint density at radius 3 is 2.74 bits per heavy atom. The van der Waals surface area contributed by atoms with Crippen molar-refractivity contribution in [1.82, 2.24) is 10.1 Å². The van der Waals surface area contributed by atoms with Gasteiger partial charge in [-0.2, -0.15) is 0 Å². The molecule has 1 aliphatic heterocycles. The van der Waals surface area contributed by atoms with Crippen LogP contribution in [0.25, 0.3) is 0 Å². The van der Waals surface area contributed by atoms with Crippen LogP contribution in [-0.4, -0.2) is 42.1 Å². The molecule has 7 heteroatoms. The van der Waals surface area contributed by atoms with Crippen LogP contribution >= 0.6 is 0 Å². The van der Waals surface area contributed by atoms with E-state index in [-0.39, 0.29) is 17.7 Å². The summed E-state index contributed by atoms with van der Waals surface area (Å²) < 4.78 is 10.2. The first-order valence-corrected chi connectivity index (χ1v) is 9.20. The number of nitrogens with zero attached hydrogens (tertiary/aromatic N) is 2. The minimum Gasteiger partial charge on any atom is -0.497 e. The molecule has 7 nitrogen and oxygen atoms in total. The topological polar surface area (TPSA) is 84.7 Å². The number of carbonyl (C=O) groups excluding carboxylic acids is 2. The number of piperidine rings is 1. The van der Waals surface area contributed by atoms with E-state index in [4.69, 9.17) is 9.26 Å². The quantitative estimate of drug-likeness (QED) is 0.844. The lowest BCUT2D eigenvalue weighted by Crippen LogP contribution is -2.41. The molecule has 0 unspecified atom stereocenters. The second-order valence-corrected chi connectivity index (χ2v) is 6.82. The van der Waals surface area contributed by atoms with E-state index in [1.54, 1.807) is 20.1 Å². The Balaban J connectivity index is 1.44. The number of rotatable bonds is 6. The van der Waals surface area contributed by atoms with Crippen molar-refractivity contribution in [3.63, 3.8) is 0 Å². The number of nitrogens with one attached hydrogen (secondary N) is 1. The molecule has 2 amide bonds. The standard InChI is InChI=1S/C20H25N3O4/c1-14-12-18(22-27-14)21-20(25)16-8-10-23(11-9-16)19(24)7-6-15-4-3-5-17(13-15)26-2/h3-5,12-13,16H,6-11H2,1-2H3,(H,21,22,25). The summed E-state index contributed by atoms with van der Waals surface area (Å²) in [6.07, 6.45) is 2.46. The van der Waals surface area contributed by atoms with Gasteiger partial charge < -0.3 is 19.5 Å². The number of carbonyl (C=O) groups is 2. The van der Waals surface area contributed by atoms with Gasteiger partial charge in [-0.3, -0.25) is 9.59 Å². The first kappa shape index (κ1) is 18.9.